The molecule has 2 rings (SSSR count). The van der Waals surface area contributed by atoms with E-state index >= 15 is 0 Å². The monoisotopic (exact) mass is 533 g/mol. The van der Waals surface area contributed by atoms with E-state index in [2.05, 4.69) is 5.32 Å². The van der Waals surface area contributed by atoms with Gasteiger partial charge in [-0.05, 0) is 31.4 Å². The number of benzene rings is 1. The highest BCUT2D eigenvalue weighted by molar-refractivity contribution is 5.88. The molecule has 36 heavy (non-hydrogen) atoms. The fraction of sp³-hybridized carbons (Fsp3) is 0.571. The molecule has 15 heteroatoms. The van der Waals surface area contributed by atoms with Gasteiger partial charge in [0.25, 0.3) is 0 Å². The summed E-state index contributed by atoms with van der Waals surface area (Å²) in [4.78, 5) is 35.0. The van der Waals surface area contributed by atoms with Crippen LogP contribution in [0.15, 0.2) is 12.1 Å². The first-order chi connectivity index (χ1) is 16.5. The number of alkyl halides is 3. The van der Waals surface area contributed by atoms with Crippen molar-refractivity contribution in [3.63, 3.8) is 0 Å². The van der Waals surface area contributed by atoms with E-state index in [-0.39, 0.29) is 32.9 Å². The second kappa shape index (κ2) is 13.4. The number of carboxylic acids is 1. The third-order valence-corrected chi connectivity index (χ3v) is 5.02. The van der Waals surface area contributed by atoms with Crippen molar-refractivity contribution in [1.29, 1.82) is 0 Å². The Morgan fingerprint density at radius 1 is 1.19 bits per heavy atom. The van der Waals surface area contributed by atoms with Crippen LogP contribution >= 0.6 is 0 Å². The van der Waals surface area contributed by atoms with Gasteiger partial charge in [-0.3, -0.25) is 9.59 Å². The van der Waals surface area contributed by atoms with E-state index in [1.165, 1.54) is 6.92 Å². The molecule has 9 nitrogen and oxygen atoms in total. The van der Waals surface area contributed by atoms with Crippen molar-refractivity contribution < 1.29 is 57.5 Å². The maximum Gasteiger partial charge on any atom is 0.391 e. The summed E-state index contributed by atoms with van der Waals surface area (Å²) in [6, 6.07) is -1.83. The van der Waals surface area contributed by atoms with E-state index in [9.17, 15) is 40.7 Å². The number of nitrogens with two attached hydrogens (primary N) is 1. The molecule has 206 valence electrons. The number of aliphatic hydroxyl groups excluding tert-OH is 2. The zero-order valence-electron chi connectivity index (χ0n) is 19.1. The lowest BCUT2D eigenvalue weighted by Gasteiger charge is -2.30. The lowest BCUT2D eigenvalue weighted by Crippen LogP contribution is -2.50. The Morgan fingerprint density at radius 3 is 2.28 bits per heavy atom. The van der Waals surface area contributed by atoms with Crippen LogP contribution in [0.25, 0.3) is 0 Å². The van der Waals surface area contributed by atoms with Crippen molar-refractivity contribution in [3.8, 4) is 0 Å². The Hall–Kier alpha value is -2.91. The minimum atomic E-state index is -4.66. The van der Waals surface area contributed by atoms with E-state index in [0.717, 1.165) is 4.90 Å². The summed E-state index contributed by atoms with van der Waals surface area (Å²) in [5.41, 5.74) is 5.50. The van der Waals surface area contributed by atoms with Gasteiger partial charge in [0.2, 0.25) is 11.8 Å². The summed E-state index contributed by atoms with van der Waals surface area (Å²) in [5, 5.41) is 27.0. The summed E-state index contributed by atoms with van der Waals surface area (Å²) in [6.45, 7) is 1.26. The fourth-order valence-electron chi connectivity index (χ4n) is 3.22. The first kappa shape index (κ1) is 31.1. The van der Waals surface area contributed by atoms with Gasteiger partial charge in [0.1, 0.15) is 11.9 Å². The Kier molecular flexibility index (Phi) is 11.6. The topological polar surface area (TPSA) is 153 Å². The van der Waals surface area contributed by atoms with Crippen LogP contribution in [0.4, 0.5) is 26.3 Å². The number of carbonyl (C=O) groups excluding carboxylic acids is 2. The summed E-state index contributed by atoms with van der Waals surface area (Å²) >= 11 is 0. The SMILES string of the molecule is C[C@@H](O)C(O)C(=O)O.N[C@@H](CC(=O)N1CCCNC(=O)[C@H]1CC(F)(F)F)Cc1cc(F)c(F)cc1F.[HH]. The molecule has 4 atom stereocenters. The van der Waals surface area contributed by atoms with Crippen LogP contribution in [0.1, 0.15) is 33.2 Å². The summed E-state index contributed by atoms with van der Waals surface area (Å²) in [6.07, 6.45) is -9.58. The van der Waals surface area contributed by atoms with E-state index in [4.69, 9.17) is 21.1 Å². The second-order valence-electron chi connectivity index (χ2n) is 8.12. The van der Waals surface area contributed by atoms with E-state index in [0.29, 0.717) is 12.1 Å². The lowest BCUT2D eigenvalue weighted by molar-refractivity contribution is -0.161. The zero-order chi connectivity index (χ0) is 27.8. The number of hydrogen-bond acceptors (Lipinski definition) is 6. The van der Waals surface area contributed by atoms with Crippen LogP contribution in [-0.4, -0.2) is 81.6 Å². The molecule has 0 aliphatic carbocycles. The molecule has 0 spiro atoms. The predicted molar refractivity (Wildman–Crippen MR) is 114 cm³/mol. The second-order valence-corrected chi connectivity index (χ2v) is 8.12. The van der Waals surface area contributed by atoms with Gasteiger partial charge in [-0.25, -0.2) is 18.0 Å². The maximum atomic E-state index is 13.7. The zero-order valence-corrected chi connectivity index (χ0v) is 19.1. The van der Waals surface area contributed by atoms with E-state index in [1.807, 2.05) is 0 Å². The normalized spacial score (nSPS) is 18.8. The minimum Gasteiger partial charge on any atom is -0.479 e. The molecule has 2 amide bonds. The van der Waals surface area contributed by atoms with Crippen LogP contribution in [0.2, 0.25) is 0 Å². The van der Waals surface area contributed by atoms with Crippen LogP contribution < -0.4 is 11.1 Å². The van der Waals surface area contributed by atoms with Gasteiger partial charge in [-0.15, -0.1) is 0 Å². The molecule has 0 saturated carbocycles. The highest BCUT2D eigenvalue weighted by Crippen LogP contribution is 2.26. The van der Waals surface area contributed by atoms with Gasteiger partial charge in [-0.1, -0.05) is 0 Å². The highest BCUT2D eigenvalue weighted by Gasteiger charge is 2.41. The number of aliphatic carboxylic acids is 1. The summed E-state index contributed by atoms with van der Waals surface area (Å²) < 4.78 is 78.3. The molecule has 0 aromatic heterocycles. The smallest absolute Gasteiger partial charge is 0.391 e. The van der Waals surface area contributed by atoms with Gasteiger partial charge in [0.05, 0.1) is 12.5 Å². The van der Waals surface area contributed by atoms with E-state index in [1.54, 1.807) is 0 Å². The molecular formula is C21H29F6N3O6. The molecule has 1 unspecified atom stereocenters. The predicted octanol–water partition coefficient (Wildman–Crippen LogP) is 1.09. The molecule has 1 aliphatic rings. The van der Waals surface area contributed by atoms with Crippen molar-refractivity contribution in [2.75, 3.05) is 13.1 Å². The Balaban J connectivity index is 0.00000125. The largest absolute Gasteiger partial charge is 0.479 e. The standard InChI is InChI=1S/C17H19F6N3O2.C4H8O4.H2/c18-11-7-13(20)12(19)5-9(11)4-10(24)6-15(27)26-3-1-2-25-16(28)14(26)8-17(21,22)23;1-2(5)3(6)4(7)8;/h5,7,10,14H,1-4,6,8,24H2,(H,25,28);2-3,5-6H,1H3,(H,7,8);1H/t10-,14-;2-,3?;/m11./s1. The van der Waals surface area contributed by atoms with Crippen molar-refractivity contribution in [2.24, 2.45) is 5.73 Å². The van der Waals surface area contributed by atoms with Gasteiger partial charge >= 0.3 is 12.1 Å². The number of halogens is 6. The molecule has 1 saturated heterocycles. The summed E-state index contributed by atoms with van der Waals surface area (Å²) in [5.74, 6) is -6.84. The third-order valence-electron chi connectivity index (χ3n) is 5.02. The number of hydrogen-bond donors (Lipinski definition) is 5. The molecule has 1 aromatic carbocycles. The van der Waals surface area contributed by atoms with Crippen molar-refractivity contribution in [1.82, 2.24) is 10.2 Å². The van der Waals surface area contributed by atoms with Gasteiger partial charge in [0.15, 0.2) is 17.7 Å². The average Bonchev–Trinajstić information content (AvgIpc) is 2.92. The lowest BCUT2D eigenvalue weighted by atomic mass is 10.0. The van der Waals surface area contributed by atoms with Crippen LogP contribution in [-0.2, 0) is 20.8 Å². The molecule has 6 N–H and O–H groups in total. The number of nitrogens with zero attached hydrogens (tertiary/aromatic N) is 1. The Morgan fingerprint density at radius 2 is 1.78 bits per heavy atom. The molecule has 1 fully saturated rings. The quantitative estimate of drug-likeness (QED) is 0.260. The van der Waals surface area contributed by atoms with Gasteiger partial charge in [0, 0.05) is 33.0 Å². The first-order valence-corrected chi connectivity index (χ1v) is 10.6. The number of amides is 2. The molecule has 1 aromatic rings. The van der Waals surface area contributed by atoms with Crippen molar-refractivity contribution >= 4 is 17.8 Å². The number of nitrogens with one attached hydrogen (secondary N) is 1. The number of rotatable bonds is 7. The number of carboxylic acid groups (broad SMARTS) is 1. The fourth-order valence-corrected chi connectivity index (χ4v) is 3.22. The molecular weight excluding hydrogens is 504 g/mol. The first-order valence-electron chi connectivity index (χ1n) is 10.6. The van der Waals surface area contributed by atoms with Crippen LogP contribution in [0.5, 0.6) is 0 Å². The van der Waals surface area contributed by atoms with Crippen molar-refractivity contribution in [3.05, 3.63) is 35.1 Å². The van der Waals surface area contributed by atoms with E-state index < -0.39 is 78.5 Å². The van der Waals surface area contributed by atoms with Crippen molar-refractivity contribution in [2.45, 2.75) is 63.1 Å². The Labute approximate surface area is 203 Å². The number of carbonyl (C=O) groups is 3. The number of aliphatic hydroxyl groups is 2. The average molecular weight is 533 g/mol. The molecule has 1 heterocycles. The summed E-state index contributed by atoms with van der Waals surface area (Å²) in [7, 11) is 0. The molecule has 0 bridgehead atoms. The Bertz CT molecular complexity index is 937. The molecule has 0 radical (unpaired) electrons. The van der Waals surface area contributed by atoms with Crippen LogP contribution in [0, 0.1) is 17.5 Å². The van der Waals surface area contributed by atoms with Crippen LogP contribution in [0.3, 0.4) is 0 Å². The van der Waals surface area contributed by atoms with Gasteiger partial charge < -0.3 is 31.3 Å². The third kappa shape index (κ3) is 9.99. The molecule has 1 aliphatic heterocycles. The van der Waals surface area contributed by atoms with Gasteiger partial charge in [-0.2, -0.15) is 13.2 Å². The minimum absolute atomic E-state index is 0. The highest BCUT2D eigenvalue weighted by atomic mass is 19.4. The maximum absolute atomic E-state index is 13.7.